The quantitative estimate of drug-likeness (QED) is 0.357. The highest BCUT2D eigenvalue weighted by Crippen LogP contribution is 2.26. The zero-order chi connectivity index (χ0) is 15.4. The van der Waals surface area contributed by atoms with Crippen molar-refractivity contribution >= 4 is 28.9 Å². The third kappa shape index (κ3) is 3.04. The Morgan fingerprint density at radius 1 is 1.48 bits per heavy atom. The minimum atomic E-state index is -1.08. The van der Waals surface area contributed by atoms with Crippen molar-refractivity contribution in [2.75, 3.05) is 7.11 Å². The number of ketones is 2. The number of oxazole rings is 1. The Hall–Kier alpha value is -2.79. The van der Waals surface area contributed by atoms with E-state index in [4.69, 9.17) is 9.68 Å². The molecule has 0 aliphatic heterocycles. The van der Waals surface area contributed by atoms with Crippen LogP contribution >= 0.6 is 11.3 Å². The van der Waals surface area contributed by atoms with Crippen LogP contribution in [0.25, 0.3) is 10.8 Å². The Morgan fingerprint density at radius 3 is 2.81 bits per heavy atom. The summed E-state index contributed by atoms with van der Waals surface area (Å²) in [6.45, 7) is 0. The summed E-state index contributed by atoms with van der Waals surface area (Å²) in [5.74, 6) is -3.32. The Bertz CT molecular complexity index is 739. The number of ether oxygens (including phenoxy) is 1. The molecule has 0 radical (unpaired) electrons. The van der Waals surface area contributed by atoms with Crippen LogP contribution in [0.2, 0.25) is 0 Å². The number of methoxy groups -OCH3 is 1. The summed E-state index contributed by atoms with van der Waals surface area (Å²) >= 11 is 1.31. The summed E-state index contributed by atoms with van der Waals surface area (Å²) in [6, 6.07) is 5.14. The van der Waals surface area contributed by atoms with Gasteiger partial charge in [-0.15, -0.1) is 11.3 Å². The van der Waals surface area contributed by atoms with Crippen LogP contribution in [0.1, 0.15) is 22.7 Å². The summed E-state index contributed by atoms with van der Waals surface area (Å²) in [5, 5.41) is 10.7. The fraction of sp³-hybridized carbons (Fsp3) is 0.154. The zero-order valence-corrected chi connectivity index (χ0v) is 11.6. The number of carbonyl (C=O) groups is 3. The van der Waals surface area contributed by atoms with Crippen LogP contribution in [-0.2, 0) is 14.3 Å². The second kappa shape index (κ2) is 6.11. The predicted molar refractivity (Wildman–Crippen MR) is 70.5 cm³/mol. The van der Waals surface area contributed by atoms with Crippen molar-refractivity contribution in [2.45, 2.75) is 6.42 Å². The van der Waals surface area contributed by atoms with E-state index in [0.717, 1.165) is 7.11 Å². The summed E-state index contributed by atoms with van der Waals surface area (Å²) in [6.07, 6.45) is -0.713. The molecule has 2 aromatic rings. The Kier molecular flexibility index (Phi) is 4.25. The van der Waals surface area contributed by atoms with Crippen LogP contribution in [0.15, 0.2) is 21.9 Å². The number of carbonyl (C=O) groups excluding carboxylic acids is 3. The van der Waals surface area contributed by atoms with Crippen LogP contribution in [0.3, 0.4) is 0 Å². The van der Waals surface area contributed by atoms with Gasteiger partial charge in [-0.1, -0.05) is 6.07 Å². The standard InChI is InChI=1S/C13H8N2O5S/c1-19-10(17)5-8(16)11(18)12-7(6-14)15-13(20-12)9-3-2-4-21-9/h2-4H,5H2,1H3. The molecular weight excluding hydrogens is 296 g/mol. The number of esters is 1. The van der Waals surface area contributed by atoms with Crippen LogP contribution in [-0.4, -0.2) is 29.6 Å². The fourth-order valence-electron chi connectivity index (χ4n) is 1.47. The van der Waals surface area contributed by atoms with E-state index < -0.39 is 29.7 Å². The van der Waals surface area contributed by atoms with Crippen molar-refractivity contribution in [1.29, 1.82) is 5.26 Å². The number of nitriles is 1. The van der Waals surface area contributed by atoms with Gasteiger partial charge in [0.1, 0.15) is 12.5 Å². The van der Waals surface area contributed by atoms with Crippen molar-refractivity contribution in [2.24, 2.45) is 0 Å². The summed E-state index contributed by atoms with van der Waals surface area (Å²) < 4.78 is 9.51. The van der Waals surface area contributed by atoms with Crippen LogP contribution in [0, 0.1) is 11.3 Å². The molecule has 0 bridgehead atoms. The van der Waals surface area contributed by atoms with E-state index in [1.807, 2.05) is 0 Å². The molecule has 7 nitrogen and oxygen atoms in total. The van der Waals surface area contributed by atoms with Gasteiger partial charge < -0.3 is 9.15 Å². The largest absolute Gasteiger partial charge is 0.469 e. The van der Waals surface area contributed by atoms with Crippen LogP contribution < -0.4 is 0 Å². The molecule has 0 aliphatic carbocycles. The van der Waals surface area contributed by atoms with E-state index in [9.17, 15) is 14.4 Å². The number of Topliss-reactive ketones (excluding diaryl/α,β-unsaturated/α-hetero) is 2. The van der Waals surface area contributed by atoms with E-state index in [0.29, 0.717) is 4.88 Å². The predicted octanol–water partition coefficient (Wildman–Crippen LogP) is 1.59. The molecule has 0 amide bonds. The number of rotatable bonds is 5. The summed E-state index contributed by atoms with van der Waals surface area (Å²) in [7, 11) is 1.10. The number of thiophene rings is 1. The van der Waals surface area contributed by atoms with E-state index in [-0.39, 0.29) is 11.6 Å². The minimum Gasteiger partial charge on any atom is -0.469 e. The van der Waals surface area contributed by atoms with E-state index in [2.05, 4.69) is 9.72 Å². The van der Waals surface area contributed by atoms with Crippen molar-refractivity contribution in [3.8, 4) is 16.8 Å². The van der Waals surface area contributed by atoms with Gasteiger partial charge in [-0.25, -0.2) is 0 Å². The lowest BCUT2D eigenvalue weighted by molar-refractivity contribution is -0.142. The van der Waals surface area contributed by atoms with Gasteiger partial charge in [0.25, 0.3) is 5.78 Å². The van der Waals surface area contributed by atoms with Gasteiger partial charge in [-0.2, -0.15) is 10.2 Å². The second-order valence-electron chi connectivity index (χ2n) is 3.79. The Labute approximate surface area is 122 Å². The zero-order valence-electron chi connectivity index (χ0n) is 10.8. The molecular formula is C13H8N2O5S. The molecule has 8 heteroatoms. The lowest BCUT2D eigenvalue weighted by atomic mass is 10.1. The molecule has 0 fully saturated rings. The SMILES string of the molecule is COC(=O)CC(=O)C(=O)c1oc(-c2cccs2)nc1C#N. The third-order valence-electron chi connectivity index (χ3n) is 2.46. The molecule has 2 aromatic heterocycles. The average molecular weight is 304 g/mol. The monoisotopic (exact) mass is 304 g/mol. The second-order valence-corrected chi connectivity index (χ2v) is 4.74. The average Bonchev–Trinajstić information content (AvgIpc) is 3.14. The lowest BCUT2D eigenvalue weighted by Crippen LogP contribution is -2.19. The smallest absolute Gasteiger partial charge is 0.313 e. The Morgan fingerprint density at radius 2 is 2.24 bits per heavy atom. The van der Waals surface area contributed by atoms with Gasteiger partial charge in [0.2, 0.25) is 17.4 Å². The van der Waals surface area contributed by atoms with Gasteiger partial charge in [0, 0.05) is 0 Å². The fourth-order valence-corrected chi connectivity index (χ4v) is 2.11. The highest BCUT2D eigenvalue weighted by molar-refractivity contribution is 7.13. The molecule has 106 valence electrons. The topological polar surface area (TPSA) is 110 Å². The van der Waals surface area contributed by atoms with Gasteiger partial charge in [-0.3, -0.25) is 14.4 Å². The first kappa shape index (κ1) is 14.6. The first-order chi connectivity index (χ1) is 10.1. The maximum Gasteiger partial charge on any atom is 0.313 e. The maximum atomic E-state index is 11.9. The van der Waals surface area contributed by atoms with Gasteiger partial charge in [0.15, 0.2) is 5.69 Å². The number of hydrogen-bond donors (Lipinski definition) is 0. The van der Waals surface area contributed by atoms with Crippen molar-refractivity contribution in [1.82, 2.24) is 4.98 Å². The number of hydrogen-bond acceptors (Lipinski definition) is 8. The van der Waals surface area contributed by atoms with Crippen molar-refractivity contribution in [3.05, 3.63) is 29.0 Å². The number of nitrogens with zero attached hydrogens (tertiary/aromatic N) is 2. The van der Waals surface area contributed by atoms with Gasteiger partial charge >= 0.3 is 5.97 Å². The molecule has 0 N–H and O–H groups in total. The Balaban J connectivity index is 2.31. The normalized spacial score (nSPS) is 9.90. The van der Waals surface area contributed by atoms with E-state index >= 15 is 0 Å². The maximum absolute atomic E-state index is 11.9. The highest BCUT2D eigenvalue weighted by atomic mass is 32.1. The molecule has 0 spiro atoms. The van der Waals surface area contributed by atoms with Gasteiger partial charge in [-0.05, 0) is 11.4 Å². The molecule has 0 saturated carbocycles. The molecule has 2 rings (SSSR count). The third-order valence-corrected chi connectivity index (χ3v) is 3.31. The molecule has 0 aromatic carbocycles. The molecule has 2 heterocycles. The van der Waals surface area contributed by atoms with Crippen molar-refractivity contribution < 1.29 is 23.5 Å². The molecule has 0 aliphatic rings. The van der Waals surface area contributed by atoms with Crippen LogP contribution in [0.4, 0.5) is 0 Å². The molecule has 0 unspecified atom stereocenters. The van der Waals surface area contributed by atoms with Gasteiger partial charge in [0.05, 0.1) is 12.0 Å². The molecule has 21 heavy (non-hydrogen) atoms. The minimum absolute atomic E-state index is 0.0794. The highest BCUT2D eigenvalue weighted by Gasteiger charge is 2.28. The van der Waals surface area contributed by atoms with Crippen LogP contribution in [0.5, 0.6) is 0 Å². The summed E-state index contributed by atoms with van der Waals surface area (Å²) in [5.41, 5.74) is -0.290. The summed E-state index contributed by atoms with van der Waals surface area (Å²) in [4.78, 5) is 39.0. The van der Waals surface area contributed by atoms with E-state index in [1.165, 1.54) is 11.3 Å². The molecule has 0 atom stereocenters. The van der Waals surface area contributed by atoms with Crippen molar-refractivity contribution in [3.63, 3.8) is 0 Å². The van der Waals surface area contributed by atoms with E-state index in [1.54, 1.807) is 23.6 Å². The first-order valence-electron chi connectivity index (χ1n) is 5.66. The lowest BCUT2D eigenvalue weighted by Gasteiger charge is -1.96. The molecule has 0 saturated heterocycles. The first-order valence-corrected chi connectivity index (χ1v) is 6.54. The number of aromatic nitrogens is 1.